The Hall–Kier alpha value is -1.03. The first-order valence-electron chi connectivity index (χ1n) is 9.76. The summed E-state index contributed by atoms with van der Waals surface area (Å²) in [7, 11) is 0. The maximum absolute atomic E-state index is 12.7. The van der Waals surface area contributed by atoms with Gasteiger partial charge in [-0.15, -0.1) is 0 Å². The summed E-state index contributed by atoms with van der Waals surface area (Å²) >= 11 is 0. The summed E-state index contributed by atoms with van der Waals surface area (Å²) in [5, 5.41) is 0. The van der Waals surface area contributed by atoms with Crippen LogP contribution in [0.4, 0.5) is 13.2 Å². The number of hydrogen-bond acceptors (Lipinski definition) is 1. The van der Waals surface area contributed by atoms with E-state index in [-0.39, 0.29) is 0 Å². The molecule has 0 aromatic heterocycles. The van der Waals surface area contributed by atoms with Crippen LogP contribution < -0.4 is 0 Å². The number of unbranched alkanes of at least 4 members (excludes halogenated alkanes) is 1. The van der Waals surface area contributed by atoms with E-state index in [9.17, 15) is 13.2 Å². The molecule has 2 aliphatic rings. The fourth-order valence-corrected chi connectivity index (χ4v) is 4.64. The average molecular weight is 354 g/mol. The molecule has 0 aliphatic heterocycles. The molecule has 2 fully saturated rings. The summed E-state index contributed by atoms with van der Waals surface area (Å²) in [6.45, 7) is 3.06. The zero-order valence-electron chi connectivity index (χ0n) is 15.0. The Morgan fingerprint density at radius 1 is 0.960 bits per heavy atom. The van der Waals surface area contributed by atoms with Crippen molar-refractivity contribution in [3.63, 3.8) is 0 Å². The maximum atomic E-state index is 12.7. The number of halogens is 3. The van der Waals surface area contributed by atoms with Gasteiger partial charge in [0.25, 0.3) is 0 Å². The number of benzene rings is 1. The summed E-state index contributed by atoms with van der Waals surface area (Å²) in [4.78, 5) is 0. The molecule has 3 rings (SSSR count). The number of hydrogen-bond donors (Lipinski definition) is 0. The molecular weight excluding hydrogens is 325 g/mol. The van der Waals surface area contributed by atoms with E-state index in [1.165, 1.54) is 37.8 Å². The topological polar surface area (TPSA) is 9.23 Å². The molecule has 1 aromatic rings. The van der Waals surface area contributed by atoms with Crippen LogP contribution in [-0.2, 0) is 10.9 Å². The fourth-order valence-electron chi connectivity index (χ4n) is 4.64. The molecule has 2 aliphatic carbocycles. The minimum atomic E-state index is -4.24. The van der Waals surface area contributed by atoms with Gasteiger partial charge in [-0.05, 0) is 80.4 Å². The van der Waals surface area contributed by atoms with Crippen LogP contribution in [-0.4, -0.2) is 12.7 Å². The Kier molecular flexibility index (Phi) is 6.08. The second kappa shape index (κ2) is 8.11. The van der Waals surface area contributed by atoms with Gasteiger partial charge < -0.3 is 4.74 Å². The number of fused-ring (bicyclic) bond motifs is 1. The summed E-state index contributed by atoms with van der Waals surface area (Å²) in [5.41, 5.74) is 0.530. The van der Waals surface area contributed by atoms with E-state index in [0.717, 1.165) is 43.8 Å². The molecule has 0 bridgehead atoms. The van der Waals surface area contributed by atoms with Gasteiger partial charge in [-0.3, -0.25) is 0 Å². The predicted octanol–water partition coefficient (Wildman–Crippen LogP) is 6.57. The van der Waals surface area contributed by atoms with E-state index >= 15 is 0 Å². The Morgan fingerprint density at radius 3 is 2.32 bits per heavy atom. The van der Waals surface area contributed by atoms with Crippen LogP contribution in [0.25, 0.3) is 0 Å². The van der Waals surface area contributed by atoms with Crippen LogP contribution in [0.5, 0.6) is 0 Å². The molecule has 1 nitrogen and oxygen atoms in total. The van der Waals surface area contributed by atoms with E-state index in [1.54, 1.807) is 12.1 Å². The van der Waals surface area contributed by atoms with Crippen molar-refractivity contribution in [3.8, 4) is 0 Å². The largest absolute Gasteiger partial charge is 0.416 e. The molecular formula is C21H29F3O. The summed E-state index contributed by atoms with van der Waals surface area (Å²) in [6, 6.07) is 5.85. The Bertz CT molecular complexity index is 537. The lowest BCUT2D eigenvalue weighted by Gasteiger charge is -2.42. The highest BCUT2D eigenvalue weighted by Gasteiger charge is 2.36. The smallest absolute Gasteiger partial charge is 0.378 e. The molecule has 25 heavy (non-hydrogen) atoms. The predicted molar refractivity (Wildman–Crippen MR) is 93.5 cm³/mol. The summed E-state index contributed by atoms with van der Waals surface area (Å²) in [6.07, 6.45) is 5.42. The maximum Gasteiger partial charge on any atom is 0.416 e. The van der Waals surface area contributed by atoms with Gasteiger partial charge in [0.2, 0.25) is 0 Å². The second-order valence-electron chi connectivity index (χ2n) is 7.81. The number of ether oxygens (including phenoxy) is 1. The van der Waals surface area contributed by atoms with Gasteiger partial charge in [0.05, 0.1) is 11.7 Å². The average Bonchev–Trinajstić information content (AvgIpc) is 2.61. The third-order valence-electron chi connectivity index (χ3n) is 6.13. The molecule has 0 saturated heterocycles. The highest BCUT2D eigenvalue weighted by Crippen LogP contribution is 2.46. The lowest BCUT2D eigenvalue weighted by Crippen LogP contribution is -2.33. The fraction of sp³-hybridized carbons (Fsp3) is 0.714. The third kappa shape index (κ3) is 4.78. The first kappa shape index (κ1) is 18.8. The molecule has 140 valence electrons. The van der Waals surface area contributed by atoms with Gasteiger partial charge in [0, 0.05) is 6.61 Å². The summed E-state index contributed by atoms with van der Waals surface area (Å²) < 4.78 is 44.2. The zero-order chi connectivity index (χ0) is 17.9. The highest BCUT2D eigenvalue weighted by molar-refractivity contribution is 5.27. The molecule has 0 radical (unpaired) electrons. The van der Waals surface area contributed by atoms with Crippen LogP contribution in [0, 0.1) is 11.8 Å². The molecule has 4 atom stereocenters. The van der Waals surface area contributed by atoms with Crippen molar-refractivity contribution in [3.05, 3.63) is 35.4 Å². The van der Waals surface area contributed by atoms with Crippen molar-refractivity contribution < 1.29 is 17.9 Å². The van der Waals surface area contributed by atoms with Gasteiger partial charge in [-0.2, -0.15) is 13.2 Å². The molecule has 0 amide bonds. The van der Waals surface area contributed by atoms with Crippen LogP contribution in [0.2, 0.25) is 0 Å². The van der Waals surface area contributed by atoms with Crippen LogP contribution >= 0.6 is 0 Å². The van der Waals surface area contributed by atoms with E-state index in [2.05, 4.69) is 6.92 Å². The molecule has 4 unspecified atom stereocenters. The molecule has 0 N–H and O–H groups in total. The van der Waals surface area contributed by atoms with Crippen LogP contribution in [0.3, 0.4) is 0 Å². The quantitative estimate of drug-likeness (QED) is 0.543. The first-order valence-corrected chi connectivity index (χ1v) is 9.76. The molecule has 1 aromatic carbocycles. The standard InChI is InChI=1S/C21H29F3O/c1-2-3-12-25-20-11-8-17-13-16(4-5-18(17)14-20)15-6-9-19(10-7-15)21(22,23)24/h6-7,9-10,16-18,20H,2-5,8,11-14H2,1H3. The molecule has 0 spiro atoms. The van der Waals surface area contributed by atoms with E-state index < -0.39 is 11.7 Å². The lowest BCUT2D eigenvalue weighted by atomic mass is 9.65. The van der Waals surface area contributed by atoms with Crippen molar-refractivity contribution in [2.75, 3.05) is 6.61 Å². The van der Waals surface area contributed by atoms with Gasteiger partial charge in [-0.1, -0.05) is 25.5 Å². The number of rotatable bonds is 5. The van der Waals surface area contributed by atoms with Crippen molar-refractivity contribution in [2.24, 2.45) is 11.8 Å². The van der Waals surface area contributed by atoms with E-state index in [0.29, 0.717) is 17.9 Å². The van der Waals surface area contributed by atoms with Gasteiger partial charge in [0.1, 0.15) is 0 Å². The minimum Gasteiger partial charge on any atom is -0.378 e. The van der Waals surface area contributed by atoms with Crippen molar-refractivity contribution in [2.45, 2.75) is 76.5 Å². The van der Waals surface area contributed by atoms with Crippen LogP contribution in [0.1, 0.15) is 75.3 Å². The molecule has 4 heteroatoms. The highest BCUT2D eigenvalue weighted by atomic mass is 19.4. The summed E-state index contributed by atoms with van der Waals surface area (Å²) in [5.74, 6) is 1.87. The molecule has 2 saturated carbocycles. The van der Waals surface area contributed by atoms with Gasteiger partial charge in [-0.25, -0.2) is 0 Å². The zero-order valence-corrected chi connectivity index (χ0v) is 15.0. The normalized spacial score (nSPS) is 30.1. The van der Waals surface area contributed by atoms with E-state index in [1.807, 2.05) is 0 Å². The second-order valence-corrected chi connectivity index (χ2v) is 7.81. The monoisotopic (exact) mass is 354 g/mol. The van der Waals surface area contributed by atoms with E-state index in [4.69, 9.17) is 4.74 Å². The molecule has 0 heterocycles. The SMILES string of the molecule is CCCCOC1CCC2CC(c3ccc(C(F)(F)F)cc3)CCC2C1. The van der Waals surface area contributed by atoms with Gasteiger partial charge >= 0.3 is 6.18 Å². The Morgan fingerprint density at radius 2 is 1.64 bits per heavy atom. The Balaban J connectivity index is 1.54. The first-order chi connectivity index (χ1) is 12.0. The van der Waals surface area contributed by atoms with Crippen LogP contribution in [0.15, 0.2) is 24.3 Å². The lowest BCUT2D eigenvalue weighted by molar-refractivity contribution is -0.137. The van der Waals surface area contributed by atoms with Gasteiger partial charge in [0.15, 0.2) is 0 Å². The van der Waals surface area contributed by atoms with Crippen molar-refractivity contribution in [1.29, 1.82) is 0 Å². The van der Waals surface area contributed by atoms with Crippen molar-refractivity contribution >= 4 is 0 Å². The number of alkyl halides is 3. The minimum absolute atomic E-state index is 0.418. The van der Waals surface area contributed by atoms with Crippen molar-refractivity contribution in [1.82, 2.24) is 0 Å². The Labute approximate surface area is 149 Å². The third-order valence-corrected chi connectivity index (χ3v) is 6.13.